The Bertz CT molecular complexity index is 1330. The third-order valence-corrected chi connectivity index (χ3v) is 5.46. The van der Waals surface area contributed by atoms with E-state index in [4.69, 9.17) is 16.0 Å². The number of aliphatic hydroxyl groups excluding tert-OH is 1. The molecule has 1 aliphatic rings. The molecule has 5 rings (SSSR count). The number of ketones is 1. The molecular weight excluding hydrogens is 418 g/mol. The maximum atomic E-state index is 13.3. The molecule has 0 saturated heterocycles. The van der Waals surface area contributed by atoms with Gasteiger partial charge in [0.15, 0.2) is 11.5 Å². The molecule has 4 aromatic rings. The minimum Gasteiger partial charge on any atom is -0.503 e. The highest BCUT2D eigenvalue weighted by atomic mass is 35.5. The standard InChI is InChI=1S/C23H16ClN3O4/c1-12-6-11-17(31-12)20(28)18-19(13-7-9-14(24)10-8-13)27(22(30)21(18)29)23-25-15-4-2-3-5-16(15)26-23/h2-11,19,29H,1H3,(H,25,26). The lowest BCUT2D eigenvalue weighted by molar-refractivity contribution is -0.117. The normalized spacial score (nSPS) is 16.5. The molecule has 2 aromatic carbocycles. The molecule has 0 radical (unpaired) electrons. The predicted molar refractivity (Wildman–Crippen MR) is 115 cm³/mol. The third-order valence-electron chi connectivity index (χ3n) is 5.21. The van der Waals surface area contributed by atoms with Crippen LogP contribution in [0.15, 0.2) is 76.4 Å². The van der Waals surface area contributed by atoms with E-state index in [-0.39, 0.29) is 17.3 Å². The number of amides is 1. The van der Waals surface area contributed by atoms with Gasteiger partial charge in [0.05, 0.1) is 22.6 Å². The van der Waals surface area contributed by atoms with Gasteiger partial charge in [-0.25, -0.2) is 4.98 Å². The number of aliphatic hydroxyl groups is 1. The molecule has 154 valence electrons. The summed E-state index contributed by atoms with van der Waals surface area (Å²) in [6, 6.07) is 16.3. The number of nitrogens with zero attached hydrogens (tertiary/aromatic N) is 2. The number of benzene rings is 2. The Balaban J connectivity index is 1.68. The molecule has 0 bridgehead atoms. The molecule has 0 spiro atoms. The number of nitrogens with one attached hydrogen (secondary N) is 1. The van der Waals surface area contributed by atoms with E-state index < -0.39 is 23.5 Å². The zero-order chi connectivity index (χ0) is 21.7. The van der Waals surface area contributed by atoms with Crippen LogP contribution >= 0.6 is 11.6 Å². The Kier molecular flexibility index (Phi) is 4.41. The summed E-state index contributed by atoms with van der Waals surface area (Å²) in [5, 5.41) is 11.3. The van der Waals surface area contributed by atoms with Crippen molar-refractivity contribution in [1.29, 1.82) is 0 Å². The van der Waals surface area contributed by atoms with Crippen molar-refractivity contribution in [3.8, 4) is 0 Å². The predicted octanol–water partition coefficient (Wildman–Crippen LogP) is 4.90. The molecule has 1 atom stereocenters. The average molecular weight is 434 g/mol. The van der Waals surface area contributed by atoms with Gasteiger partial charge < -0.3 is 14.5 Å². The number of imidazole rings is 1. The van der Waals surface area contributed by atoms with Crippen LogP contribution in [-0.2, 0) is 4.79 Å². The lowest BCUT2D eigenvalue weighted by Gasteiger charge is -2.24. The van der Waals surface area contributed by atoms with E-state index >= 15 is 0 Å². The first-order valence-corrected chi connectivity index (χ1v) is 9.90. The fraction of sp³-hybridized carbons (Fsp3) is 0.0870. The molecular formula is C23H16ClN3O4. The lowest BCUT2D eigenvalue weighted by Crippen LogP contribution is -2.32. The maximum Gasteiger partial charge on any atom is 0.296 e. The Labute approximate surface area is 181 Å². The highest BCUT2D eigenvalue weighted by Crippen LogP contribution is 2.41. The fourth-order valence-corrected chi connectivity index (χ4v) is 3.88. The Hall–Kier alpha value is -3.84. The van der Waals surface area contributed by atoms with E-state index in [9.17, 15) is 14.7 Å². The number of fused-ring (bicyclic) bond motifs is 1. The van der Waals surface area contributed by atoms with Gasteiger partial charge in [-0.1, -0.05) is 35.9 Å². The minimum absolute atomic E-state index is 0.0391. The van der Waals surface area contributed by atoms with Crippen molar-refractivity contribution in [2.75, 3.05) is 4.90 Å². The number of carbonyl (C=O) groups excluding carboxylic acids is 2. The van der Waals surface area contributed by atoms with Crippen molar-refractivity contribution in [3.05, 3.63) is 94.1 Å². The zero-order valence-electron chi connectivity index (χ0n) is 16.3. The summed E-state index contributed by atoms with van der Waals surface area (Å²) >= 11 is 6.04. The number of halogens is 1. The Morgan fingerprint density at radius 2 is 1.87 bits per heavy atom. The molecule has 2 aromatic heterocycles. The number of hydrogen-bond acceptors (Lipinski definition) is 5. The van der Waals surface area contributed by atoms with Crippen LogP contribution in [0.3, 0.4) is 0 Å². The molecule has 7 nitrogen and oxygen atoms in total. The van der Waals surface area contributed by atoms with E-state index in [2.05, 4.69) is 9.97 Å². The van der Waals surface area contributed by atoms with Crippen LogP contribution in [0.5, 0.6) is 0 Å². The average Bonchev–Trinajstić information content (AvgIpc) is 3.45. The lowest BCUT2D eigenvalue weighted by atomic mass is 9.95. The van der Waals surface area contributed by atoms with Crippen molar-refractivity contribution in [1.82, 2.24) is 9.97 Å². The van der Waals surface area contributed by atoms with E-state index in [1.165, 1.54) is 11.0 Å². The second-order valence-corrected chi connectivity index (χ2v) is 7.64. The summed E-state index contributed by atoms with van der Waals surface area (Å²) in [5.41, 5.74) is 1.89. The first kappa shape index (κ1) is 19.1. The van der Waals surface area contributed by atoms with Crippen molar-refractivity contribution in [2.24, 2.45) is 0 Å². The van der Waals surface area contributed by atoms with Crippen LogP contribution in [0, 0.1) is 6.92 Å². The zero-order valence-corrected chi connectivity index (χ0v) is 17.1. The van der Waals surface area contributed by atoms with Crippen LogP contribution < -0.4 is 4.90 Å². The number of rotatable bonds is 4. The summed E-state index contributed by atoms with van der Waals surface area (Å²) in [7, 11) is 0. The van der Waals surface area contributed by atoms with Crippen LogP contribution in [0.4, 0.5) is 5.95 Å². The first-order chi connectivity index (χ1) is 14.9. The first-order valence-electron chi connectivity index (χ1n) is 9.52. The molecule has 2 N–H and O–H groups in total. The molecule has 1 unspecified atom stereocenters. The van der Waals surface area contributed by atoms with E-state index in [1.807, 2.05) is 18.2 Å². The summed E-state index contributed by atoms with van der Waals surface area (Å²) in [6.45, 7) is 1.71. The number of carbonyl (C=O) groups is 2. The van der Waals surface area contributed by atoms with Gasteiger partial charge in [-0.3, -0.25) is 14.5 Å². The summed E-state index contributed by atoms with van der Waals surface area (Å²) in [5.74, 6) is -1.14. The third kappa shape index (κ3) is 3.10. The number of aromatic amines is 1. The van der Waals surface area contributed by atoms with Crippen molar-refractivity contribution in [3.63, 3.8) is 0 Å². The molecule has 8 heteroatoms. The van der Waals surface area contributed by atoms with Crippen LogP contribution in [0.25, 0.3) is 11.0 Å². The van der Waals surface area contributed by atoms with Crippen molar-refractivity contribution in [2.45, 2.75) is 13.0 Å². The Morgan fingerprint density at radius 1 is 1.13 bits per heavy atom. The fourth-order valence-electron chi connectivity index (χ4n) is 3.76. The highest BCUT2D eigenvalue weighted by molar-refractivity contribution is 6.30. The highest BCUT2D eigenvalue weighted by Gasteiger charge is 2.46. The molecule has 31 heavy (non-hydrogen) atoms. The summed E-state index contributed by atoms with van der Waals surface area (Å²) in [4.78, 5) is 35.3. The number of hydrogen-bond donors (Lipinski definition) is 2. The van der Waals surface area contributed by atoms with Gasteiger partial charge in [0, 0.05) is 5.02 Å². The second kappa shape index (κ2) is 7.14. The number of aryl methyl sites for hydroxylation is 1. The van der Waals surface area contributed by atoms with Gasteiger partial charge in [0.1, 0.15) is 5.76 Å². The van der Waals surface area contributed by atoms with E-state index in [0.717, 1.165) is 5.52 Å². The van der Waals surface area contributed by atoms with Gasteiger partial charge in [0.2, 0.25) is 11.7 Å². The molecule has 0 saturated carbocycles. The number of Topliss-reactive ketones (excluding diaryl/α,β-unsaturated/α-hetero) is 1. The molecule has 0 fully saturated rings. The topological polar surface area (TPSA) is 99.4 Å². The summed E-state index contributed by atoms with van der Waals surface area (Å²) in [6.07, 6.45) is 0. The molecule has 3 heterocycles. The maximum absolute atomic E-state index is 13.3. The van der Waals surface area contributed by atoms with Crippen molar-refractivity contribution < 1.29 is 19.1 Å². The van der Waals surface area contributed by atoms with Crippen LogP contribution in [0.2, 0.25) is 5.02 Å². The van der Waals surface area contributed by atoms with Crippen molar-refractivity contribution >= 4 is 40.3 Å². The van der Waals surface area contributed by atoms with Gasteiger partial charge in [-0.2, -0.15) is 0 Å². The van der Waals surface area contributed by atoms with Gasteiger partial charge in [-0.15, -0.1) is 0 Å². The minimum atomic E-state index is -0.914. The monoisotopic (exact) mass is 433 g/mol. The quantitative estimate of drug-likeness (QED) is 0.446. The van der Waals surface area contributed by atoms with Crippen LogP contribution in [0.1, 0.15) is 27.9 Å². The number of furan rings is 1. The van der Waals surface area contributed by atoms with Gasteiger partial charge in [0.25, 0.3) is 5.91 Å². The number of H-pyrrole nitrogens is 1. The smallest absolute Gasteiger partial charge is 0.296 e. The number of para-hydroxylation sites is 2. The molecule has 1 amide bonds. The van der Waals surface area contributed by atoms with E-state index in [1.54, 1.807) is 43.3 Å². The number of anilines is 1. The van der Waals surface area contributed by atoms with Crippen LogP contribution in [-0.4, -0.2) is 26.8 Å². The van der Waals surface area contributed by atoms with Gasteiger partial charge >= 0.3 is 0 Å². The molecule has 0 aliphatic carbocycles. The van der Waals surface area contributed by atoms with Gasteiger partial charge in [-0.05, 0) is 48.9 Å². The Morgan fingerprint density at radius 3 is 2.55 bits per heavy atom. The summed E-state index contributed by atoms with van der Waals surface area (Å²) < 4.78 is 5.46. The second-order valence-electron chi connectivity index (χ2n) is 7.21. The number of aromatic nitrogens is 2. The largest absolute Gasteiger partial charge is 0.503 e. The SMILES string of the molecule is Cc1ccc(C(=O)C2=C(O)C(=O)N(c3nc4ccccc4[nH]3)C2c2ccc(Cl)cc2)o1. The molecule has 1 aliphatic heterocycles. The van der Waals surface area contributed by atoms with E-state index in [0.29, 0.717) is 21.9 Å².